The van der Waals surface area contributed by atoms with Crippen LogP contribution in [0.1, 0.15) is 61.7 Å². The number of benzene rings is 2. The molecular formula is C20H24O3. The molecule has 0 aliphatic carbocycles. The smallest absolute Gasteiger partial charge is 0.295 e. The zero-order valence-corrected chi connectivity index (χ0v) is 14.4. The summed E-state index contributed by atoms with van der Waals surface area (Å²) in [4.78, 5) is 16.2. The summed E-state index contributed by atoms with van der Waals surface area (Å²) in [6, 6.07) is 15.6. The van der Waals surface area contributed by atoms with Gasteiger partial charge in [0.15, 0.2) is 0 Å². The molecule has 0 atom stereocenters. The van der Waals surface area contributed by atoms with Crippen LogP contribution in [-0.4, -0.2) is 11.2 Å². The number of carbonyl (C=O) groups is 1. The second-order valence-electron chi connectivity index (χ2n) is 7.35. The summed E-state index contributed by atoms with van der Waals surface area (Å²) in [6.07, 6.45) is 0. The van der Waals surface area contributed by atoms with E-state index in [1.54, 1.807) is 6.07 Å². The molecule has 0 saturated heterocycles. The molecule has 0 aliphatic rings. The fraction of sp³-hybridized carbons (Fsp3) is 0.350. The summed E-state index contributed by atoms with van der Waals surface area (Å²) >= 11 is 0. The fourth-order valence-electron chi connectivity index (χ4n) is 3.07. The monoisotopic (exact) mass is 312 g/mol. The Morgan fingerprint density at radius 3 is 2.04 bits per heavy atom. The molecular weight excluding hydrogens is 288 g/mol. The van der Waals surface area contributed by atoms with Crippen molar-refractivity contribution in [2.75, 3.05) is 0 Å². The first kappa shape index (κ1) is 17.2. The molecule has 0 fully saturated rings. The molecule has 3 heteroatoms. The summed E-state index contributed by atoms with van der Waals surface area (Å²) in [5.74, 6) is -0.727. The van der Waals surface area contributed by atoms with Gasteiger partial charge in [0.1, 0.15) is 0 Å². The third kappa shape index (κ3) is 3.30. The van der Waals surface area contributed by atoms with Crippen LogP contribution in [0.4, 0.5) is 0 Å². The molecule has 0 aliphatic heterocycles. The standard InChI is InChI=1S/C20H24O3/c1-19(2,3)16-13-9-12-15(18(21)23-22)17(16)20(4,5)14-10-7-6-8-11-14/h6-13,22H,1-5H3. The first-order valence-electron chi connectivity index (χ1n) is 7.75. The Balaban J connectivity index is 2.79. The molecule has 0 unspecified atom stereocenters. The van der Waals surface area contributed by atoms with Gasteiger partial charge in [0, 0.05) is 5.41 Å². The summed E-state index contributed by atoms with van der Waals surface area (Å²) < 4.78 is 0. The third-order valence-corrected chi connectivity index (χ3v) is 4.30. The predicted octanol–water partition coefficient (Wildman–Crippen LogP) is 4.94. The van der Waals surface area contributed by atoms with Crippen LogP contribution in [0.5, 0.6) is 0 Å². The van der Waals surface area contributed by atoms with Crippen molar-refractivity contribution in [1.82, 2.24) is 0 Å². The van der Waals surface area contributed by atoms with Crippen molar-refractivity contribution in [2.24, 2.45) is 0 Å². The van der Waals surface area contributed by atoms with Gasteiger partial charge in [0.05, 0.1) is 5.56 Å². The van der Waals surface area contributed by atoms with Gasteiger partial charge >= 0.3 is 5.97 Å². The molecule has 0 saturated carbocycles. The van der Waals surface area contributed by atoms with Crippen LogP contribution in [0, 0.1) is 0 Å². The van der Waals surface area contributed by atoms with Crippen molar-refractivity contribution in [3.8, 4) is 0 Å². The number of rotatable bonds is 3. The average Bonchev–Trinajstić information content (AvgIpc) is 2.53. The molecule has 0 spiro atoms. The van der Waals surface area contributed by atoms with E-state index in [2.05, 4.69) is 39.5 Å². The van der Waals surface area contributed by atoms with Gasteiger partial charge < -0.3 is 0 Å². The summed E-state index contributed by atoms with van der Waals surface area (Å²) in [5.41, 5.74) is 2.89. The molecule has 2 aromatic rings. The lowest BCUT2D eigenvalue weighted by Crippen LogP contribution is -2.28. The highest BCUT2D eigenvalue weighted by Crippen LogP contribution is 2.40. The summed E-state index contributed by atoms with van der Waals surface area (Å²) in [7, 11) is 0. The van der Waals surface area contributed by atoms with Crippen LogP contribution in [0.15, 0.2) is 48.5 Å². The average molecular weight is 312 g/mol. The Morgan fingerprint density at radius 2 is 1.52 bits per heavy atom. The van der Waals surface area contributed by atoms with Gasteiger partial charge in [0.2, 0.25) is 0 Å². The first-order valence-corrected chi connectivity index (χ1v) is 7.75. The molecule has 1 N–H and O–H groups in total. The van der Waals surface area contributed by atoms with E-state index in [1.165, 1.54) is 0 Å². The lowest BCUT2D eigenvalue weighted by atomic mass is 9.69. The van der Waals surface area contributed by atoms with Crippen LogP contribution < -0.4 is 0 Å². The van der Waals surface area contributed by atoms with Crippen LogP contribution in [0.2, 0.25) is 0 Å². The van der Waals surface area contributed by atoms with Crippen molar-refractivity contribution in [3.63, 3.8) is 0 Å². The summed E-state index contributed by atoms with van der Waals surface area (Å²) in [6.45, 7) is 10.5. The topological polar surface area (TPSA) is 46.5 Å². The maximum absolute atomic E-state index is 12.1. The molecule has 0 amide bonds. The minimum atomic E-state index is -0.727. The third-order valence-electron chi connectivity index (χ3n) is 4.30. The zero-order chi connectivity index (χ0) is 17.3. The van der Waals surface area contributed by atoms with Crippen LogP contribution in [0.25, 0.3) is 0 Å². The van der Waals surface area contributed by atoms with Crippen molar-refractivity contribution >= 4 is 5.97 Å². The Kier molecular flexibility index (Phi) is 4.62. The lowest BCUT2D eigenvalue weighted by molar-refractivity contribution is -0.182. The summed E-state index contributed by atoms with van der Waals surface area (Å²) in [5, 5.41) is 8.89. The van der Waals surface area contributed by atoms with Gasteiger partial charge in [-0.15, -0.1) is 0 Å². The van der Waals surface area contributed by atoms with E-state index in [0.29, 0.717) is 5.56 Å². The van der Waals surface area contributed by atoms with Gasteiger partial charge in [-0.25, -0.2) is 4.79 Å². The number of hydrogen-bond donors (Lipinski definition) is 1. The Hall–Kier alpha value is -2.13. The first-order chi connectivity index (χ1) is 10.7. The Labute approximate surface area is 137 Å². The van der Waals surface area contributed by atoms with E-state index < -0.39 is 11.4 Å². The fourth-order valence-corrected chi connectivity index (χ4v) is 3.07. The quantitative estimate of drug-likeness (QED) is 0.645. The molecule has 122 valence electrons. The zero-order valence-electron chi connectivity index (χ0n) is 14.4. The van der Waals surface area contributed by atoms with Crippen molar-refractivity contribution in [3.05, 3.63) is 70.8 Å². The molecule has 2 aromatic carbocycles. The van der Waals surface area contributed by atoms with E-state index in [9.17, 15) is 4.79 Å². The van der Waals surface area contributed by atoms with E-state index in [4.69, 9.17) is 5.26 Å². The van der Waals surface area contributed by atoms with Crippen molar-refractivity contribution < 1.29 is 14.9 Å². The van der Waals surface area contributed by atoms with Crippen molar-refractivity contribution in [2.45, 2.75) is 45.4 Å². The maximum atomic E-state index is 12.1. The Bertz CT molecular complexity index is 695. The highest BCUT2D eigenvalue weighted by molar-refractivity contribution is 5.92. The second kappa shape index (κ2) is 6.17. The van der Waals surface area contributed by atoms with Crippen LogP contribution in [-0.2, 0) is 15.7 Å². The van der Waals surface area contributed by atoms with E-state index in [-0.39, 0.29) is 5.41 Å². The van der Waals surface area contributed by atoms with Crippen LogP contribution >= 0.6 is 0 Å². The SMILES string of the molecule is CC(C)(C)c1cccc(C(=O)OO)c1C(C)(C)c1ccccc1. The minimum Gasteiger partial charge on any atom is -0.295 e. The van der Waals surface area contributed by atoms with E-state index in [0.717, 1.165) is 16.7 Å². The molecule has 23 heavy (non-hydrogen) atoms. The number of hydrogen-bond acceptors (Lipinski definition) is 3. The van der Waals surface area contributed by atoms with E-state index in [1.807, 2.05) is 42.5 Å². The lowest BCUT2D eigenvalue weighted by Gasteiger charge is -2.34. The van der Waals surface area contributed by atoms with Gasteiger partial charge in [0.25, 0.3) is 0 Å². The molecule has 2 rings (SSSR count). The van der Waals surface area contributed by atoms with Crippen molar-refractivity contribution in [1.29, 1.82) is 0 Å². The molecule has 0 heterocycles. The van der Waals surface area contributed by atoms with Gasteiger partial charge in [-0.3, -0.25) is 4.89 Å². The predicted molar refractivity (Wildman–Crippen MR) is 91.8 cm³/mol. The van der Waals surface area contributed by atoms with Gasteiger partial charge in [-0.05, 0) is 28.2 Å². The van der Waals surface area contributed by atoms with Gasteiger partial charge in [-0.2, -0.15) is 5.26 Å². The number of carbonyl (C=O) groups excluding carboxylic acids is 1. The van der Waals surface area contributed by atoms with Gasteiger partial charge in [-0.1, -0.05) is 77.1 Å². The Morgan fingerprint density at radius 1 is 0.913 bits per heavy atom. The highest BCUT2D eigenvalue weighted by Gasteiger charge is 2.34. The molecule has 0 aromatic heterocycles. The largest absolute Gasteiger partial charge is 0.373 e. The second-order valence-corrected chi connectivity index (χ2v) is 7.35. The molecule has 0 bridgehead atoms. The van der Waals surface area contributed by atoms with E-state index >= 15 is 0 Å². The highest BCUT2D eigenvalue weighted by atomic mass is 17.1. The minimum absolute atomic E-state index is 0.146. The molecule has 0 radical (unpaired) electrons. The van der Waals surface area contributed by atoms with Crippen LogP contribution in [0.3, 0.4) is 0 Å². The molecule has 3 nitrogen and oxygen atoms in total. The maximum Gasteiger partial charge on any atom is 0.373 e. The normalized spacial score (nSPS) is 12.1.